The van der Waals surface area contributed by atoms with Crippen LogP contribution < -0.4 is 10.6 Å². The van der Waals surface area contributed by atoms with Gasteiger partial charge in [0.2, 0.25) is 15.9 Å². The van der Waals surface area contributed by atoms with Crippen LogP contribution in [0.5, 0.6) is 0 Å². The van der Waals surface area contributed by atoms with Crippen LogP contribution in [0.15, 0.2) is 0 Å². The number of hydrogen-bond donors (Lipinski definition) is 2. The molecule has 1 rings (SSSR count). The van der Waals surface area contributed by atoms with Gasteiger partial charge in [-0.05, 0) is 19.8 Å². The molecule has 0 bridgehead atoms. The Morgan fingerprint density at radius 2 is 1.90 bits per heavy atom. The van der Waals surface area contributed by atoms with Crippen molar-refractivity contribution in [3.8, 4) is 0 Å². The van der Waals surface area contributed by atoms with E-state index < -0.39 is 10.0 Å². The number of sulfonamides is 1. The molecule has 1 aliphatic heterocycles. The van der Waals surface area contributed by atoms with Crippen molar-refractivity contribution in [2.75, 3.05) is 25.4 Å². The highest BCUT2D eigenvalue weighted by molar-refractivity contribution is 7.89. The Bertz CT molecular complexity index is 401. The van der Waals surface area contributed by atoms with Crippen LogP contribution in [0.1, 0.15) is 40.0 Å². The van der Waals surface area contributed by atoms with Crippen LogP contribution in [0.4, 0.5) is 0 Å². The Balaban J connectivity index is 2.27. The normalized spacial score (nSPS) is 18.4. The summed E-state index contributed by atoms with van der Waals surface area (Å²) in [5.74, 6) is 0.181. The Morgan fingerprint density at radius 1 is 1.30 bits per heavy atom. The van der Waals surface area contributed by atoms with Crippen molar-refractivity contribution in [3.63, 3.8) is 0 Å². The fourth-order valence-electron chi connectivity index (χ4n) is 2.24. The standard InChI is InChI=1S/C13H27N3O3S/c1-4-20(18,19)16-9-6-12(7-10-16)15-13(17)5-8-14-11(2)3/h11-12,14H,4-10H2,1-3H3,(H,15,17). The van der Waals surface area contributed by atoms with E-state index in [9.17, 15) is 13.2 Å². The number of hydrogen-bond acceptors (Lipinski definition) is 4. The maximum absolute atomic E-state index is 11.7. The van der Waals surface area contributed by atoms with Crippen LogP contribution in [0.3, 0.4) is 0 Å². The summed E-state index contributed by atoms with van der Waals surface area (Å²) in [4.78, 5) is 11.7. The van der Waals surface area contributed by atoms with Gasteiger partial charge in [0.1, 0.15) is 0 Å². The van der Waals surface area contributed by atoms with Gasteiger partial charge in [0, 0.05) is 38.1 Å². The van der Waals surface area contributed by atoms with Gasteiger partial charge >= 0.3 is 0 Å². The zero-order chi connectivity index (χ0) is 15.2. The molecule has 0 aliphatic carbocycles. The molecule has 0 atom stereocenters. The van der Waals surface area contributed by atoms with Gasteiger partial charge in [-0.2, -0.15) is 0 Å². The third-order valence-corrected chi connectivity index (χ3v) is 5.36. The van der Waals surface area contributed by atoms with E-state index in [1.807, 2.05) is 13.8 Å². The number of carbonyl (C=O) groups is 1. The van der Waals surface area contributed by atoms with Crippen LogP contribution in [-0.2, 0) is 14.8 Å². The maximum atomic E-state index is 11.7. The van der Waals surface area contributed by atoms with Gasteiger partial charge in [0.15, 0.2) is 0 Å². The van der Waals surface area contributed by atoms with E-state index >= 15 is 0 Å². The smallest absolute Gasteiger partial charge is 0.221 e. The molecule has 7 heteroatoms. The Morgan fingerprint density at radius 3 is 2.40 bits per heavy atom. The lowest BCUT2D eigenvalue weighted by Crippen LogP contribution is -2.47. The quantitative estimate of drug-likeness (QED) is 0.709. The van der Waals surface area contributed by atoms with Crippen LogP contribution in [-0.4, -0.2) is 56.1 Å². The van der Waals surface area contributed by atoms with Gasteiger partial charge in [0.25, 0.3) is 0 Å². The Hall–Kier alpha value is -0.660. The molecule has 0 aromatic carbocycles. The van der Waals surface area contributed by atoms with E-state index in [-0.39, 0.29) is 17.7 Å². The average molecular weight is 305 g/mol. The fourth-order valence-corrected chi connectivity index (χ4v) is 3.37. The minimum absolute atomic E-state index is 0.0370. The maximum Gasteiger partial charge on any atom is 0.221 e. The molecule has 1 heterocycles. The van der Waals surface area contributed by atoms with Crippen LogP contribution >= 0.6 is 0 Å². The van der Waals surface area contributed by atoms with Crippen molar-refractivity contribution in [2.24, 2.45) is 0 Å². The van der Waals surface area contributed by atoms with Crippen molar-refractivity contribution < 1.29 is 13.2 Å². The molecule has 2 N–H and O–H groups in total. The van der Waals surface area contributed by atoms with E-state index in [2.05, 4.69) is 10.6 Å². The highest BCUT2D eigenvalue weighted by Gasteiger charge is 2.27. The third kappa shape index (κ3) is 5.76. The largest absolute Gasteiger partial charge is 0.353 e. The van der Waals surface area contributed by atoms with Crippen molar-refractivity contribution >= 4 is 15.9 Å². The van der Waals surface area contributed by atoms with Gasteiger partial charge in [-0.3, -0.25) is 4.79 Å². The second-order valence-corrected chi connectivity index (χ2v) is 7.76. The second-order valence-electron chi connectivity index (χ2n) is 5.50. The Kier molecular flexibility index (Phi) is 6.91. The summed E-state index contributed by atoms with van der Waals surface area (Å²) in [5, 5.41) is 6.18. The zero-order valence-electron chi connectivity index (χ0n) is 12.7. The molecule has 6 nitrogen and oxygen atoms in total. The molecule has 1 aliphatic rings. The molecule has 0 unspecified atom stereocenters. The summed E-state index contributed by atoms with van der Waals surface area (Å²) in [6.07, 6.45) is 1.86. The van der Waals surface area contributed by atoms with Crippen LogP contribution in [0, 0.1) is 0 Å². The summed E-state index contributed by atoms with van der Waals surface area (Å²) >= 11 is 0. The zero-order valence-corrected chi connectivity index (χ0v) is 13.5. The number of carbonyl (C=O) groups excluding carboxylic acids is 1. The SMILES string of the molecule is CCS(=O)(=O)N1CCC(NC(=O)CCNC(C)C)CC1. The van der Waals surface area contributed by atoms with Gasteiger partial charge in [-0.25, -0.2) is 12.7 Å². The first-order valence-electron chi connectivity index (χ1n) is 7.35. The minimum atomic E-state index is -3.09. The summed E-state index contributed by atoms with van der Waals surface area (Å²) in [6, 6.07) is 0.482. The molecule has 118 valence electrons. The molecule has 1 saturated heterocycles. The van der Waals surface area contributed by atoms with Gasteiger partial charge in [-0.15, -0.1) is 0 Å². The fraction of sp³-hybridized carbons (Fsp3) is 0.923. The molecule has 20 heavy (non-hydrogen) atoms. The van der Waals surface area contributed by atoms with Crippen molar-refractivity contribution in [1.82, 2.24) is 14.9 Å². The summed E-state index contributed by atoms with van der Waals surface area (Å²) in [7, 11) is -3.09. The van der Waals surface area contributed by atoms with E-state index in [0.717, 1.165) is 0 Å². The highest BCUT2D eigenvalue weighted by Crippen LogP contribution is 2.14. The van der Waals surface area contributed by atoms with Crippen molar-refractivity contribution in [3.05, 3.63) is 0 Å². The highest BCUT2D eigenvalue weighted by atomic mass is 32.2. The third-order valence-electron chi connectivity index (χ3n) is 3.48. The first-order chi connectivity index (χ1) is 9.35. The number of nitrogens with one attached hydrogen (secondary N) is 2. The topological polar surface area (TPSA) is 78.5 Å². The van der Waals surface area contributed by atoms with Crippen molar-refractivity contribution in [2.45, 2.75) is 52.1 Å². The van der Waals surface area contributed by atoms with Crippen LogP contribution in [0.25, 0.3) is 0 Å². The van der Waals surface area contributed by atoms with Gasteiger partial charge < -0.3 is 10.6 Å². The molecular formula is C13H27N3O3S. The molecule has 0 aromatic heterocycles. The van der Waals surface area contributed by atoms with Gasteiger partial charge in [-0.1, -0.05) is 13.8 Å². The van der Waals surface area contributed by atoms with Crippen LogP contribution in [0.2, 0.25) is 0 Å². The molecule has 1 fully saturated rings. The predicted octanol–water partition coefficient (Wildman–Crippen LogP) is 0.305. The molecular weight excluding hydrogens is 278 g/mol. The summed E-state index contributed by atoms with van der Waals surface area (Å²) in [6.45, 7) is 7.43. The monoisotopic (exact) mass is 305 g/mol. The molecule has 0 radical (unpaired) electrons. The molecule has 0 aromatic rings. The van der Waals surface area contributed by atoms with Gasteiger partial charge in [0.05, 0.1) is 5.75 Å². The predicted molar refractivity (Wildman–Crippen MR) is 80.0 cm³/mol. The average Bonchev–Trinajstić information content (AvgIpc) is 2.39. The number of piperidine rings is 1. The number of nitrogens with zero attached hydrogens (tertiary/aromatic N) is 1. The lowest BCUT2D eigenvalue weighted by atomic mass is 10.1. The second kappa shape index (κ2) is 7.95. The van der Waals surface area contributed by atoms with Crippen molar-refractivity contribution in [1.29, 1.82) is 0 Å². The minimum Gasteiger partial charge on any atom is -0.353 e. The van der Waals surface area contributed by atoms with E-state index in [4.69, 9.17) is 0 Å². The van der Waals surface area contributed by atoms with E-state index in [1.54, 1.807) is 6.92 Å². The summed E-state index contributed by atoms with van der Waals surface area (Å²) in [5.41, 5.74) is 0. The molecule has 0 spiro atoms. The van der Waals surface area contributed by atoms with E-state index in [0.29, 0.717) is 44.9 Å². The Labute approximate surface area is 122 Å². The molecule has 1 amide bonds. The number of rotatable bonds is 7. The first kappa shape index (κ1) is 17.4. The number of amides is 1. The lowest BCUT2D eigenvalue weighted by molar-refractivity contribution is -0.121. The van der Waals surface area contributed by atoms with E-state index in [1.165, 1.54) is 4.31 Å². The lowest BCUT2D eigenvalue weighted by Gasteiger charge is -2.31. The first-order valence-corrected chi connectivity index (χ1v) is 8.96. The molecule has 0 saturated carbocycles. The summed E-state index contributed by atoms with van der Waals surface area (Å²) < 4.78 is 25.0.